The summed E-state index contributed by atoms with van der Waals surface area (Å²) in [5, 5.41) is 9.16. The Kier molecular flexibility index (Phi) is 3.54. The van der Waals surface area contributed by atoms with E-state index < -0.39 is 25.5 Å². The average molecular weight is 330 g/mol. The van der Waals surface area contributed by atoms with Crippen LogP contribution in [-0.4, -0.2) is 15.5 Å². The van der Waals surface area contributed by atoms with Crippen molar-refractivity contribution < 1.29 is 17.5 Å². The molecule has 0 aliphatic carbocycles. The molecule has 1 aliphatic heterocycles. The molecule has 3 rings (SSSR count). The highest BCUT2D eigenvalue weighted by molar-refractivity contribution is 7.95. The van der Waals surface area contributed by atoms with Gasteiger partial charge in [-0.1, -0.05) is 18.2 Å². The first kappa shape index (κ1) is 15.1. The Balaban J connectivity index is 2.36. The smallest absolute Gasteiger partial charge is 0.223 e. The van der Waals surface area contributed by atoms with Crippen LogP contribution in [0.5, 0.6) is 5.75 Å². The van der Waals surface area contributed by atoms with Gasteiger partial charge < -0.3 is 9.64 Å². The lowest BCUT2D eigenvalue weighted by Crippen LogP contribution is -2.22. The summed E-state index contributed by atoms with van der Waals surface area (Å²) in [6, 6.07) is 12.4. The minimum absolute atomic E-state index is 0.133. The summed E-state index contributed by atoms with van der Waals surface area (Å²) < 4.78 is 44.2. The number of rotatable bonds is 2. The Labute approximate surface area is 132 Å². The number of hydrogen-bond donors (Lipinski definition) is 0. The van der Waals surface area contributed by atoms with Crippen molar-refractivity contribution in [2.24, 2.45) is 0 Å². The van der Waals surface area contributed by atoms with Crippen LogP contribution in [0.25, 0.3) is 0 Å². The molecular weight excluding hydrogens is 319 g/mol. The number of anilines is 2. The molecular formula is C16H11FN2O3S. The Bertz CT molecular complexity index is 962. The lowest BCUT2D eigenvalue weighted by atomic mass is 10.2. The minimum Gasteiger partial charge on any atom is -0.495 e. The summed E-state index contributed by atoms with van der Waals surface area (Å²) in [4.78, 5) is 0.405. The summed E-state index contributed by atoms with van der Waals surface area (Å²) >= 11 is 0. The van der Waals surface area contributed by atoms with E-state index in [0.29, 0.717) is 11.4 Å². The molecule has 0 fully saturated rings. The van der Waals surface area contributed by atoms with Gasteiger partial charge in [-0.05, 0) is 24.3 Å². The fraction of sp³-hybridized carbons (Fsp3) is 0.0625. The Morgan fingerprint density at radius 1 is 1.13 bits per heavy atom. The maximum atomic E-state index is 14.2. The molecule has 0 amide bonds. The summed E-state index contributed by atoms with van der Waals surface area (Å²) in [5.41, 5.74) is 0.637. The number of nitriles is 1. The second kappa shape index (κ2) is 5.41. The lowest BCUT2D eigenvalue weighted by molar-refractivity contribution is 0.416. The van der Waals surface area contributed by atoms with E-state index in [1.807, 2.05) is 0 Å². The molecule has 5 nitrogen and oxygen atoms in total. The molecule has 0 saturated heterocycles. The Morgan fingerprint density at radius 2 is 1.83 bits per heavy atom. The maximum absolute atomic E-state index is 14.2. The lowest BCUT2D eigenvalue weighted by Gasteiger charge is -2.28. The minimum atomic E-state index is -4.18. The van der Waals surface area contributed by atoms with E-state index in [9.17, 15) is 12.8 Å². The molecule has 0 aromatic heterocycles. The van der Waals surface area contributed by atoms with Crippen LogP contribution in [0.1, 0.15) is 0 Å². The molecule has 116 valence electrons. The number of allylic oxidation sites excluding steroid dienone is 1. The van der Waals surface area contributed by atoms with Crippen LogP contribution in [0.2, 0.25) is 0 Å². The number of para-hydroxylation sites is 2. The van der Waals surface area contributed by atoms with Crippen molar-refractivity contribution in [2.75, 3.05) is 12.0 Å². The van der Waals surface area contributed by atoms with Gasteiger partial charge in [0.2, 0.25) is 9.84 Å². The van der Waals surface area contributed by atoms with Gasteiger partial charge in [-0.25, -0.2) is 12.8 Å². The van der Waals surface area contributed by atoms with Crippen LogP contribution in [0.15, 0.2) is 58.5 Å². The maximum Gasteiger partial charge on any atom is 0.223 e. The van der Waals surface area contributed by atoms with Gasteiger partial charge in [0.25, 0.3) is 0 Å². The SMILES string of the molecule is COc1ccccc1N1C=C(C#N)S(=O)(=O)c2c(F)cccc21. The molecule has 2 aromatic rings. The molecule has 1 heterocycles. The zero-order chi connectivity index (χ0) is 16.6. The van der Waals surface area contributed by atoms with Gasteiger partial charge in [0.15, 0.2) is 4.91 Å². The average Bonchev–Trinajstić information content (AvgIpc) is 2.55. The van der Waals surface area contributed by atoms with Crippen LogP contribution in [0.3, 0.4) is 0 Å². The number of benzene rings is 2. The zero-order valence-corrected chi connectivity index (χ0v) is 12.8. The second-order valence-corrected chi connectivity index (χ2v) is 6.59. The normalized spacial score (nSPS) is 15.3. The predicted octanol–water partition coefficient (Wildman–Crippen LogP) is 3.12. The number of nitrogens with zero attached hydrogens (tertiary/aromatic N) is 2. The van der Waals surface area contributed by atoms with Crippen molar-refractivity contribution >= 4 is 21.2 Å². The van der Waals surface area contributed by atoms with E-state index >= 15 is 0 Å². The monoisotopic (exact) mass is 330 g/mol. The van der Waals surface area contributed by atoms with Crippen molar-refractivity contribution in [1.29, 1.82) is 5.26 Å². The highest BCUT2D eigenvalue weighted by Crippen LogP contribution is 2.43. The molecule has 7 heteroatoms. The Hall–Kier alpha value is -2.85. The van der Waals surface area contributed by atoms with E-state index in [1.54, 1.807) is 30.3 Å². The third kappa shape index (κ3) is 2.24. The summed E-state index contributed by atoms with van der Waals surface area (Å²) in [6.07, 6.45) is 1.18. The van der Waals surface area contributed by atoms with E-state index in [1.165, 1.54) is 30.3 Å². The van der Waals surface area contributed by atoms with Gasteiger partial charge in [0.1, 0.15) is 22.5 Å². The number of sulfone groups is 1. The number of halogens is 1. The van der Waals surface area contributed by atoms with E-state index in [0.717, 1.165) is 6.07 Å². The van der Waals surface area contributed by atoms with Gasteiger partial charge in [0, 0.05) is 6.20 Å². The van der Waals surface area contributed by atoms with Crippen molar-refractivity contribution in [3.05, 3.63) is 59.4 Å². The highest BCUT2D eigenvalue weighted by Gasteiger charge is 2.35. The van der Waals surface area contributed by atoms with Crippen LogP contribution in [0, 0.1) is 17.1 Å². The van der Waals surface area contributed by atoms with Crippen LogP contribution in [0.4, 0.5) is 15.8 Å². The third-order valence-electron chi connectivity index (χ3n) is 3.47. The molecule has 0 unspecified atom stereocenters. The van der Waals surface area contributed by atoms with Crippen molar-refractivity contribution in [3.8, 4) is 11.8 Å². The quantitative estimate of drug-likeness (QED) is 0.846. The predicted molar refractivity (Wildman–Crippen MR) is 82.4 cm³/mol. The molecule has 1 aliphatic rings. The number of hydrogen-bond acceptors (Lipinski definition) is 5. The van der Waals surface area contributed by atoms with E-state index in [2.05, 4.69) is 0 Å². The number of fused-ring (bicyclic) bond motifs is 1. The summed E-state index contributed by atoms with van der Waals surface area (Å²) in [5.74, 6) is -0.432. The van der Waals surface area contributed by atoms with Crippen LogP contribution in [-0.2, 0) is 9.84 Å². The van der Waals surface area contributed by atoms with E-state index in [4.69, 9.17) is 10.00 Å². The van der Waals surface area contributed by atoms with Gasteiger partial charge in [-0.2, -0.15) is 5.26 Å². The van der Waals surface area contributed by atoms with Gasteiger partial charge in [-0.15, -0.1) is 0 Å². The fourth-order valence-corrected chi connectivity index (χ4v) is 3.79. The fourth-order valence-electron chi connectivity index (χ4n) is 2.44. The van der Waals surface area contributed by atoms with Gasteiger partial charge in [0.05, 0.1) is 18.5 Å². The number of methoxy groups -OCH3 is 1. The highest BCUT2D eigenvalue weighted by atomic mass is 32.2. The van der Waals surface area contributed by atoms with Crippen LogP contribution >= 0.6 is 0 Å². The molecule has 2 aromatic carbocycles. The molecule has 0 saturated carbocycles. The Morgan fingerprint density at radius 3 is 2.52 bits per heavy atom. The van der Waals surface area contributed by atoms with Crippen molar-refractivity contribution in [2.45, 2.75) is 4.90 Å². The van der Waals surface area contributed by atoms with Crippen molar-refractivity contribution in [1.82, 2.24) is 0 Å². The molecule has 0 bridgehead atoms. The summed E-state index contributed by atoms with van der Waals surface area (Å²) in [6.45, 7) is 0. The van der Waals surface area contributed by atoms with Crippen LogP contribution < -0.4 is 9.64 Å². The molecule has 0 atom stereocenters. The standard InChI is InChI=1S/C16H11FN2O3S/c1-22-15-8-3-2-6-13(15)19-10-11(9-18)23(20,21)16-12(17)5-4-7-14(16)19/h2-8,10H,1H3. The van der Waals surface area contributed by atoms with Crippen molar-refractivity contribution in [3.63, 3.8) is 0 Å². The first-order chi connectivity index (χ1) is 11.0. The molecule has 23 heavy (non-hydrogen) atoms. The largest absolute Gasteiger partial charge is 0.495 e. The van der Waals surface area contributed by atoms with E-state index in [-0.39, 0.29) is 5.69 Å². The van der Waals surface area contributed by atoms with Gasteiger partial charge >= 0.3 is 0 Å². The summed E-state index contributed by atoms with van der Waals surface area (Å²) in [7, 11) is -2.71. The topological polar surface area (TPSA) is 70.4 Å². The zero-order valence-electron chi connectivity index (χ0n) is 12.0. The first-order valence-corrected chi connectivity index (χ1v) is 8.07. The van der Waals surface area contributed by atoms with Gasteiger partial charge in [-0.3, -0.25) is 0 Å². The molecule has 0 spiro atoms. The number of ether oxygens (including phenoxy) is 1. The third-order valence-corrected chi connectivity index (χ3v) is 5.18. The molecule has 0 radical (unpaired) electrons. The second-order valence-electron chi connectivity index (χ2n) is 4.74. The first-order valence-electron chi connectivity index (χ1n) is 6.58. The molecule has 0 N–H and O–H groups in total.